The zero-order valence-corrected chi connectivity index (χ0v) is 9.46. The molecule has 8 heteroatoms. The number of benzene rings is 1. The molecule has 7 nitrogen and oxygen atoms in total. The van der Waals surface area contributed by atoms with E-state index in [0.29, 0.717) is 5.56 Å². The minimum absolute atomic E-state index is 0.0281. The van der Waals surface area contributed by atoms with Crippen LogP contribution >= 0.6 is 7.67 Å². The van der Waals surface area contributed by atoms with Gasteiger partial charge in [-0.2, -0.15) is 0 Å². The van der Waals surface area contributed by atoms with E-state index in [4.69, 9.17) is 15.5 Å². The maximum Gasteiger partial charge on any atom is 0.336 e. The van der Waals surface area contributed by atoms with Crippen LogP contribution in [0.5, 0.6) is 0 Å². The molecule has 0 spiro atoms. The molecule has 0 saturated carbocycles. The van der Waals surface area contributed by atoms with Gasteiger partial charge in [-0.05, 0) is 24.6 Å². The van der Waals surface area contributed by atoms with Crippen molar-refractivity contribution >= 4 is 13.4 Å². The van der Waals surface area contributed by atoms with Gasteiger partial charge in [-0.3, -0.25) is 19.2 Å². The summed E-state index contributed by atoms with van der Waals surface area (Å²) in [6.45, 7) is 1.60. The molecule has 1 atom stereocenters. The number of hydrogen-bond donors (Lipinski definition) is 2. The summed E-state index contributed by atoms with van der Waals surface area (Å²) < 4.78 is 15.9. The van der Waals surface area contributed by atoms with Crippen LogP contribution in [0, 0.1) is 10.1 Å². The molecular weight excluding hydrogens is 233 g/mol. The minimum Gasteiger partial charge on any atom is -0.299 e. The van der Waals surface area contributed by atoms with Crippen molar-refractivity contribution < 1.29 is 14.0 Å². The van der Waals surface area contributed by atoms with E-state index in [1.165, 1.54) is 24.3 Å². The van der Waals surface area contributed by atoms with Crippen LogP contribution in [0.25, 0.3) is 0 Å². The molecule has 0 saturated heterocycles. The zero-order chi connectivity index (χ0) is 12.3. The molecule has 16 heavy (non-hydrogen) atoms. The van der Waals surface area contributed by atoms with Gasteiger partial charge in [-0.15, -0.1) is 0 Å². The van der Waals surface area contributed by atoms with E-state index in [9.17, 15) is 14.7 Å². The van der Waals surface area contributed by atoms with Gasteiger partial charge in [0, 0.05) is 12.1 Å². The molecule has 1 aromatic carbocycles. The lowest BCUT2D eigenvalue weighted by Crippen LogP contribution is -2.10. The number of nitrogens with zero attached hydrogens (tertiary/aromatic N) is 1. The number of rotatable bonds is 4. The van der Waals surface area contributed by atoms with Crippen molar-refractivity contribution in [3.8, 4) is 0 Å². The van der Waals surface area contributed by atoms with Crippen molar-refractivity contribution in [2.75, 3.05) is 0 Å². The maximum atomic E-state index is 11.0. The third kappa shape index (κ3) is 3.71. The Hall–Kier alpha value is -1.27. The first kappa shape index (κ1) is 12.8. The molecule has 0 radical (unpaired) electrons. The number of hydrogen-bond acceptors (Lipinski definition) is 4. The predicted molar refractivity (Wildman–Crippen MR) is 58.6 cm³/mol. The van der Waals surface area contributed by atoms with Crippen molar-refractivity contribution in [3.63, 3.8) is 0 Å². The fourth-order valence-corrected chi connectivity index (χ4v) is 1.79. The Balaban J connectivity index is 2.82. The third-order valence-corrected chi connectivity index (χ3v) is 2.54. The molecular formula is C8H12N3O4P. The first-order valence-electron chi connectivity index (χ1n) is 4.39. The van der Waals surface area contributed by atoms with Gasteiger partial charge < -0.3 is 0 Å². The smallest absolute Gasteiger partial charge is 0.299 e. The van der Waals surface area contributed by atoms with Gasteiger partial charge in [0.1, 0.15) is 0 Å². The summed E-state index contributed by atoms with van der Waals surface area (Å²) in [5.41, 5.74) is 10.7. The summed E-state index contributed by atoms with van der Waals surface area (Å²) in [5.74, 6) is 0. The van der Waals surface area contributed by atoms with Gasteiger partial charge >= 0.3 is 7.67 Å². The third-order valence-electron chi connectivity index (χ3n) is 1.90. The second-order valence-electron chi connectivity index (χ2n) is 3.24. The topological polar surface area (TPSA) is 121 Å². The Bertz CT molecular complexity index is 427. The Morgan fingerprint density at radius 3 is 2.25 bits per heavy atom. The highest BCUT2D eigenvalue weighted by atomic mass is 31.2. The number of nitro groups is 1. The lowest BCUT2D eigenvalue weighted by molar-refractivity contribution is -0.384. The molecule has 0 aromatic heterocycles. The van der Waals surface area contributed by atoms with E-state index in [2.05, 4.69) is 0 Å². The molecule has 0 amide bonds. The monoisotopic (exact) mass is 245 g/mol. The van der Waals surface area contributed by atoms with Gasteiger partial charge in [0.2, 0.25) is 0 Å². The molecule has 88 valence electrons. The van der Waals surface area contributed by atoms with Crippen LogP contribution in [0.3, 0.4) is 0 Å². The molecule has 0 bridgehead atoms. The quantitative estimate of drug-likeness (QED) is 0.473. The van der Waals surface area contributed by atoms with E-state index in [-0.39, 0.29) is 5.69 Å². The van der Waals surface area contributed by atoms with Crippen LogP contribution in [-0.4, -0.2) is 4.92 Å². The molecule has 0 aliphatic rings. The first-order valence-corrected chi connectivity index (χ1v) is 6.16. The summed E-state index contributed by atoms with van der Waals surface area (Å²) in [5, 5.41) is 10.4. The highest BCUT2D eigenvalue weighted by Gasteiger charge is 2.16. The Morgan fingerprint density at radius 1 is 1.38 bits per heavy atom. The number of nitro benzene ring substituents is 1. The maximum absolute atomic E-state index is 11.0. The largest absolute Gasteiger partial charge is 0.336 e. The zero-order valence-electron chi connectivity index (χ0n) is 8.57. The summed E-state index contributed by atoms with van der Waals surface area (Å²) in [6.07, 6.45) is -0.582. The highest BCUT2D eigenvalue weighted by Crippen LogP contribution is 2.35. The standard InChI is InChI=1S/C8H12N3O4P/c1-6(15-16(9,10)14)7-2-4-8(5-3-7)11(12)13/h2-6H,1H3,(H4,9,10,14). The van der Waals surface area contributed by atoms with E-state index < -0.39 is 18.7 Å². The van der Waals surface area contributed by atoms with Crippen LogP contribution in [-0.2, 0) is 9.09 Å². The average molecular weight is 245 g/mol. The second kappa shape index (κ2) is 4.71. The van der Waals surface area contributed by atoms with E-state index in [1.54, 1.807) is 6.92 Å². The van der Waals surface area contributed by atoms with Crippen molar-refractivity contribution in [2.45, 2.75) is 13.0 Å². The number of nitrogens with two attached hydrogens (primary N) is 2. The number of non-ortho nitro benzene ring substituents is 1. The van der Waals surface area contributed by atoms with Crippen LogP contribution in [0.2, 0.25) is 0 Å². The highest BCUT2D eigenvalue weighted by molar-refractivity contribution is 7.53. The summed E-state index contributed by atoms with van der Waals surface area (Å²) in [7, 11) is -3.55. The predicted octanol–water partition coefficient (Wildman–Crippen LogP) is 1.70. The second-order valence-corrected chi connectivity index (χ2v) is 4.74. The van der Waals surface area contributed by atoms with Crippen molar-refractivity contribution in [1.82, 2.24) is 0 Å². The Morgan fingerprint density at radius 2 is 1.88 bits per heavy atom. The van der Waals surface area contributed by atoms with Crippen molar-refractivity contribution in [2.24, 2.45) is 11.0 Å². The Labute approximate surface area is 92.1 Å². The average Bonchev–Trinajstić information content (AvgIpc) is 2.15. The molecule has 0 fully saturated rings. The van der Waals surface area contributed by atoms with Crippen LogP contribution in [0.4, 0.5) is 5.69 Å². The van der Waals surface area contributed by atoms with E-state index in [1.807, 2.05) is 0 Å². The molecule has 1 aromatic rings. The lowest BCUT2D eigenvalue weighted by Gasteiger charge is -2.15. The van der Waals surface area contributed by atoms with Crippen molar-refractivity contribution in [3.05, 3.63) is 39.9 Å². The summed E-state index contributed by atoms with van der Waals surface area (Å²) in [6, 6.07) is 5.65. The van der Waals surface area contributed by atoms with Crippen LogP contribution in [0.15, 0.2) is 24.3 Å². The first-order chi connectivity index (χ1) is 7.29. The fourth-order valence-electron chi connectivity index (χ4n) is 1.18. The van der Waals surface area contributed by atoms with Crippen LogP contribution in [0.1, 0.15) is 18.6 Å². The molecule has 1 unspecified atom stereocenters. The van der Waals surface area contributed by atoms with Gasteiger partial charge in [0.15, 0.2) is 0 Å². The normalized spacial score (nSPS) is 13.4. The fraction of sp³-hybridized carbons (Fsp3) is 0.250. The molecule has 1 rings (SSSR count). The lowest BCUT2D eigenvalue weighted by atomic mass is 10.1. The molecule has 0 aliphatic heterocycles. The van der Waals surface area contributed by atoms with Crippen molar-refractivity contribution in [1.29, 1.82) is 0 Å². The van der Waals surface area contributed by atoms with E-state index >= 15 is 0 Å². The van der Waals surface area contributed by atoms with Gasteiger partial charge in [-0.1, -0.05) is 0 Å². The SMILES string of the molecule is CC(OP(N)(N)=O)c1ccc([N+](=O)[O-])cc1. The summed E-state index contributed by atoms with van der Waals surface area (Å²) >= 11 is 0. The summed E-state index contributed by atoms with van der Waals surface area (Å²) in [4.78, 5) is 9.89. The van der Waals surface area contributed by atoms with Crippen LogP contribution < -0.4 is 11.0 Å². The molecule has 0 aliphatic carbocycles. The van der Waals surface area contributed by atoms with Gasteiger partial charge in [0.05, 0.1) is 11.0 Å². The molecule has 4 N–H and O–H groups in total. The van der Waals surface area contributed by atoms with Gasteiger partial charge in [-0.25, -0.2) is 11.0 Å². The van der Waals surface area contributed by atoms with Gasteiger partial charge in [0.25, 0.3) is 5.69 Å². The van der Waals surface area contributed by atoms with E-state index in [0.717, 1.165) is 0 Å². The molecule has 0 heterocycles. The minimum atomic E-state index is -3.55. The Kier molecular flexibility index (Phi) is 3.77.